The van der Waals surface area contributed by atoms with E-state index < -0.39 is 0 Å². The Balaban J connectivity index is 2.38. The normalized spacial score (nSPS) is 10.6. The SMILES string of the molecule is CCCc1nc(NCC)cc(NCCCOCCOC)n1. The molecule has 0 aliphatic rings. The van der Waals surface area contributed by atoms with Crippen LogP contribution in [0.15, 0.2) is 6.07 Å². The Morgan fingerprint density at radius 1 is 1.05 bits per heavy atom. The van der Waals surface area contributed by atoms with Gasteiger partial charge in [0.1, 0.15) is 17.5 Å². The molecule has 6 heteroatoms. The summed E-state index contributed by atoms with van der Waals surface area (Å²) in [5.74, 6) is 2.64. The predicted octanol–water partition coefficient (Wildman–Crippen LogP) is 2.33. The molecule has 0 amide bonds. The second kappa shape index (κ2) is 11.3. The number of methoxy groups -OCH3 is 1. The molecular weight excluding hydrogens is 268 g/mol. The van der Waals surface area contributed by atoms with E-state index in [0.29, 0.717) is 13.2 Å². The Kier molecular flexibility index (Phi) is 9.48. The molecular formula is C15H28N4O2. The molecule has 1 aromatic heterocycles. The molecule has 0 spiro atoms. The Hall–Kier alpha value is -1.40. The van der Waals surface area contributed by atoms with Crippen molar-refractivity contribution in [1.82, 2.24) is 9.97 Å². The van der Waals surface area contributed by atoms with Crippen LogP contribution in [0, 0.1) is 0 Å². The fourth-order valence-electron chi connectivity index (χ4n) is 1.83. The van der Waals surface area contributed by atoms with Crippen molar-refractivity contribution < 1.29 is 9.47 Å². The van der Waals surface area contributed by atoms with Crippen LogP contribution in [0.25, 0.3) is 0 Å². The van der Waals surface area contributed by atoms with Gasteiger partial charge in [0.25, 0.3) is 0 Å². The molecule has 0 saturated carbocycles. The summed E-state index contributed by atoms with van der Waals surface area (Å²) in [6.07, 6.45) is 2.88. The number of ether oxygens (including phenoxy) is 2. The van der Waals surface area contributed by atoms with Crippen LogP contribution in [-0.2, 0) is 15.9 Å². The summed E-state index contributed by atoms with van der Waals surface area (Å²) >= 11 is 0. The average molecular weight is 296 g/mol. The minimum Gasteiger partial charge on any atom is -0.382 e. The molecule has 1 heterocycles. The summed E-state index contributed by atoms with van der Waals surface area (Å²) in [5.41, 5.74) is 0. The second-order valence-corrected chi connectivity index (χ2v) is 4.72. The second-order valence-electron chi connectivity index (χ2n) is 4.72. The van der Waals surface area contributed by atoms with Crippen LogP contribution in [0.5, 0.6) is 0 Å². The van der Waals surface area contributed by atoms with Gasteiger partial charge in [-0.25, -0.2) is 9.97 Å². The van der Waals surface area contributed by atoms with E-state index in [4.69, 9.17) is 9.47 Å². The van der Waals surface area contributed by atoms with Crippen molar-refractivity contribution in [2.75, 3.05) is 50.7 Å². The number of anilines is 2. The molecule has 0 bridgehead atoms. The highest BCUT2D eigenvalue weighted by Crippen LogP contribution is 2.12. The van der Waals surface area contributed by atoms with Crippen LogP contribution in [0.4, 0.5) is 11.6 Å². The maximum absolute atomic E-state index is 5.43. The number of nitrogens with zero attached hydrogens (tertiary/aromatic N) is 2. The minimum absolute atomic E-state index is 0.645. The topological polar surface area (TPSA) is 68.3 Å². The number of rotatable bonds is 12. The lowest BCUT2D eigenvalue weighted by atomic mass is 10.3. The molecule has 0 unspecified atom stereocenters. The quantitative estimate of drug-likeness (QED) is 0.577. The van der Waals surface area contributed by atoms with Crippen molar-refractivity contribution in [2.45, 2.75) is 33.1 Å². The first-order valence-electron chi connectivity index (χ1n) is 7.72. The molecule has 6 nitrogen and oxygen atoms in total. The first-order valence-corrected chi connectivity index (χ1v) is 7.72. The van der Waals surface area contributed by atoms with Crippen molar-refractivity contribution in [3.63, 3.8) is 0 Å². The van der Waals surface area contributed by atoms with Crippen LogP contribution < -0.4 is 10.6 Å². The molecule has 0 fully saturated rings. The largest absolute Gasteiger partial charge is 0.382 e. The third-order valence-corrected chi connectivity index (χ3v) is 2.81. The highest BCUT2D eigenvalue weighted by atomic mass is 16.5. The van der Waals surface area contributed by atoms with E-state index in [-0.39, 0.29) is 0 Å². The maximum atomic E-state index is 5.43. The Morgan fingerprint density at radius 2 is 1.81 bits per heavy atom. The minimum atomic E-state index is 0.645. The lowest BCUT2D eigenvalue weighted by molar-refractivity contribution is 0.0705. The Bertz CT molecular complexity index is 364. The molecule has 1 aromatic rings. The fraction of sp³-hybridized carbons (Fsp3) is 0.733. The molecule has 1 rings (SSSR count). The summed E-state index contributed by atoms with van der Waals surface area (Å²) < 4.78 is 10.4. The zero-order valence-corrected chi connectivity index (χ0v) is 13.4. The lowest BCUT2D eigenvalue weighted by Crippen LogP contribution is -2.11. The monoisotopic (exact) mass is 296 g/mol. The zero-order valence-electron chi connectivity index (χ0n) is 13.4. The third kappa shape index (κ3) is 7.82. The van der Waals surface area contributed by atoms with Gasteiger partial charge < -0.3 is 20.1 Å². The van der Waals surface area contributed by atoms with Crippen molar-refractivity contribution in [3.8, 4) is 0 Å². The average Bonchev–Trinajstić information content (AvgIpc) is 2.47. The summed E-state index contributed by atoms with van der Waals surface area (Å²) in [4.78, 5) is 9.02. The van der Waals surface area contributed by atoms with Crippen LogP contribution in [0.2, 0.25) is 0 Å². The molecule has 0 aromatic carbocycles. The van der Waals surface area contributed by atoms with Crippen LogP contribution in [0.1, 0.15) is 32.5 Å². The summed E-state index contributed by atoms with van der Waals surface area (Å²) in [7, 11) is 1.68. The Labute approximate surface area is 127 Å². The highest BCUT2D eigenvalue weighted by Gasteiger charge is 2.03. The van der Waals surface area contributed by atoms with Crippen LogP contribution in [0.3, 0.4) is 0 Å². The molecule has 0 radical (unpaired) electrons. The highest BCUT2D eigenvalue weighted by molar-refractivity contribution is 5.47. The van der Waals surface area contributed by atoms with E-state index in [0.717, 1.165) is 56.4 Å². The summed E-state index contributed by atoms with van der Waals surface area (Å²) in [6.45, 7) is 7.90. The van der Waals surface area contributed by atoms with Crippen molar-refractivity contribution in [1.29, 1.82) is 0 Å². The molecule has 0 atom stereocenters. The van der Waals surface area contributed by atoms with Crippen LogP contribution >= 0.6 is 0 Å². The van der Waals surface area contributed by atoms with Crippen LogP contribution in [-0.4, -0.2) is 50.0 Å². The number of hydrogen-bond acceptors (Lipinski definition) is 6. The smallest absolute Gasteiger partial charge is 0.133 e. The van der Waals surface area contributed by atoms with E-state index in [9.17, 15) is 0 Å². The van der Waals surface area contributed by atoms with Gasteiger partial charge >= 0.3 is 0 Å². The van der Waals surface area contributed by atoms with Crippen molar-refractivity contribution in [3.05, 3.63) is 11.9 Å². The first-order chi connectivity index (χ1) is 10.3. The first kappa shape index (κ1) is 17.7. The molecule has 0 aliphatic carbocycles. The van der Waals surface area contributed by atoms with Gasteiger partial charge in [-0.05, 0) is 19.8 Å². The van der Waals surface area contributed by atoms with E-state index in [2.05, 4.69) is 34.4 Å². The van der Waals surface area contributed by atoms with Crippen molar-refractivity contribution in [2.24, 2.45) is 0 Å². The van der Waals surface area contributed by atoms with Gasteiger partial charge in [0.15, 0.2) is 0 Å². The van der Waals surface area contributed by atoms with Gasteiger partial charge in [0.05, 0.1) is 13.2 Å². The molecule has 120 valence electrons. The zero-order chi connectivity index (χ0) is 15.3. The van der Waals surface area contributed by atoms with E-state index in [1.165, 1.54) is 0 Å². The van der Waals surface area contributed by atoms with Gasteiger partial charge in [-0.2, -0.15) is 0 Å². The van der Waals surface area contributed by atoms with E-state index in [1.807, 2.05) is 6.07 Å². The fourth-order valence-corrected chi connectivity index (χ4v) is 1.83. The molecule has 21 heavy (non-hydrogen) atoms. The number of aromatic nitrogens is 2. The number of aryl methyl sites for hydroxylation is 1. The predicted molar refractivity (Wildman–Crippen MR) is 86.0 cm³/mol. The summed E-state index contributed by atoms with van der Waals surface area (Å²) in [6, 6.07) is 1.95. The number of nitrogens with one attached hydrogen (secondary N) is 2. The van der Waals surface area contributed by atoms with Crippen molar-refractivity contribution >= 4 is 11.6 Å². The summed E-state index contributed by atoms with van der Waals surface area (Å²) in [5, 5.41) is 6.57. The Morgan fingerprint density at radius 3 is 2.48 bits per heavy atom. The van der Waals surface area contributed by atoms with Gasteiger partial charge in [0.2, 0.25) is 0 Å². The number of hydrogen-bond donors (Lipinski definition) is 2. The third-order valence-electron chi connectivity index (χ3n) is 2.81. The van der Waals surface area contributed by atoms with E-state index in [1.54, 1.807) is 7.11 Å². The standard InChI is InChI=1S/C15H28N4O2/c1-4-7-13-18-14(16-5-2)12-15(19-13)17-8-6-9-21-11-10-20-3/h12H,4-11H2,1-3H3,(H2,16,17,18,19). The van der Waals surface area contributed by atoms with Gasteiger partial charge in [0, 0.05) is 39.3 Å². The van der Waals surface area contributed by atoms with Gasteiger partial charge in [-0.1, -0.05) is 6.92 Å². The van der Waals surface area contributed by atoms with Gasteiger partial charge in [-0.15, -0.1) is 0 Å². The molecule has 0 saturated heterocycles. The molecule has 2 N–H and O–H groups in total. The maximum Gasteiger partial charge on any atom is 0.133 e. The lowest BCUT2D eigenvalue weighted by Gasteiger charge is -2.10. The van der Waals surface area contributed by atoms with E-state index >= 15 is 0 Å². The van der Waals surface area contributed by atoms with Gasteiger partial charge in [-0.3, -0.25) is 0 Å². The molecule has 0 aliphatic heterocycles.